The number of alkyl halides is 2. The van der Waals surface area contributed by atoms with Gasteiger partial charge in [0.05, 0.1) is 24.5 Å². The van der Waals surface area contributed by atoms with Crippen molar-refractivity contribution in [3.63, 3.8) is 0 Å². The van der Waals surface area contributed by atoms with Gasteiger partial charge in [0.2, 0.25) is 0 Å². The Morgan fingerprint density at radius 3 is 2.25 bits per heavy atom. The van der Waals surface area contributed by atoms with E-state index in [0.29, 0.717) is 0 Å². The fourth-order valence-electron chi connectivity index (χ4n) is 1.69. The zero-order chi connectivity index (χ0) is 12.3. The van der Waals surface area contributed by atoms with Crippen molar-refractivity contribution in [1.82, 2.24) is 9.78 Å². The fourth-order valence-corrected chi connectivity index (χ4v) is 3.39. The number of hydrogen-bond donors (Lipinski definition) is 0. The van der Waals surface area contributed by atoms with E-state index >= 15 is 0 Å². The van der Waals surface area contributed by atoms with Crippen LogP contribution >= 0.6 is 47.8 Å². The van der Waals surface area contributed by atoms with Gasteiger partial charge in [-0.25, -0.2) is 4.68 Å². The topological polar surface area (TPSA) is 34.9 Å². The average Bonchev–Trinajstić information content (AvgIpc) is 2.61. The number of rotatable bonds is 1. The number of aryl methyl sites for hydroxylation is 1. The zero-order valence-corrected chi connectivity index (χ0v) is 13.9. The molecule has 1 heterocycles. The second-order valence-corrected chi connectivity index (χ2v) is 8.98. The Morgan fingerprint density at radius 1 is 1.44 bits per heavy atom. The Balaban J connectivity index is 2.40. The third-order valence-corrected chi connectivity index (χ3v) is 6.58. The number of hydrogen-bond acceptors (Lipinski definition) is 2. The van der Waals surface area contributed by atoms with Crippen LogP contribution in [0.4, 0.5) is 0 Å². The van der Waals surface area contributed by atoms with Gasteiger partial charge in [0.1, 0.15) is 0 Å². The molecule has 6 heteroatoms. The Hall–Kier alpha value is 0.320. The highest BCUT2D eigenvalue weighted by Gasteiger charge is 2.67. The molecule has 0 N–H and O–H groups in total. The van der Waals surface area contributed by atoms with E-state index < -0.39 is 5.41 Å². The summed E-state index contributed by atoms with van der Waals surface area (Å²) >= 11 is 10.4. The van der Waals surface area contributed by atoms with Gasteiger partial charge in [-0.3, -0.25) is 4.79 Å². The molecule has 0 unspecified atom stereocenters. The quantitative estimate of drug-likeness (QED) is 0.655. The van der Waals surface area contributed by atoms with Gasteiger partial charge in [-0.15, -0.1) is 0 Å². The first-order chi connectivity index (χ1) is 7.21. The van der Waals surface area contributed by atoms with E-state index in [1.807, 2.05) is 20.8 Å². The Bertz CT molecular complexity index is 481. The molecule has 0 aliphatic heterocycles. The Kier molecular flexibility index (Phi) is 2.92. The summed E-state index contributed by atoms with van der Waals surface area (Å²) in [5.41, 5.74) is 1.27. The van der Waals surface area contributed by atoms with Crippen LogP contribution in [0.3, 0.4) is 0 Å². The number of carbonyl (C=O) groups is 1. The normalized spacial score (nSPS) is 26.9. The Morgan fingerprint density at radius 2 is 1.94 bits per heavy atom. The zero-order valence-electron chi connectivity index (χ0n) is 9.14. The van der Waals surface area contributed by atoms with E-state index in [9.17, 15) is 4.79 Å². The average molecular weight is 415 g/mol. The van der Waals surface area contributed by atoms with Gasteiger partial charge in [0.25, 0.3) is 5.91 Å². The summed E-state index contributed by atoms with van der Waals surface area (Å²) in [7, 11) is 0. The van der Waals surface area contributed by atoms with Gasteiger partial charge in [-0.2, -0.15) is 5.10 Å². The van der Waals surface area contributed by atoms with Crippen LogP contribution < -0.4 is 0 Å². The van der Waals surface area contributed by atoms with Crippen LogP contribution in [0.15, 0.2) is 4.47 Å². The first-order valence-corrected chi connectivity index (χ1v) is 7.23. The molecule has 0 amide bonds. The maximum atomic E-state index is 12.4. The number of aromatic nitrogens is 2. The van der Waals surface area contributed by atoms with E-state index in [1.165, 1.54) is 4.68 Å². The molecule has 0 saturated heterocycles. The molecule has 1 aliphatic carbocycles. The van der Waals surface area contributed by atoms with Gasteiger partial charge in [0.15, 0.2) is 0 Å². The molecule has 0 aromatic carbocycles. The monoisotopic (exact) mass is 412 g/mol. The van der Waals surface area contributed by atoms with Crippen LogP contribution in [0, 0.1) is 19.3 Å². The lowest BCUT2D eigenvalue weighted by molar-refractivity contribution is 0.0805. The third-order valence-electron chi connectivity index (χ3n) is 3.13. The molecule has 1 aromatic heterocycles. The summed E-state index contributed by atoms with van der Waals surface area (Å²) in [6.07, 6.45) is 0.773. The summed E-state index contributed by atoms with van der Waals surface area (Å²) in [6.45, 7) is 5.70. The molecule has 3 nitrogen and oxygen atoms in total. The van der Waals surface area contributed by atoms with E-state index in [0.717, 1.165) is 22.3 Å². The summed E-state index contributed by atoms with van der Waals surface area (Å²) in [6, 6.07) is 0. The van der Waals surface area contributed by atoms with Gasteiger partial charge in [-0.1, -0.05) is 31.9 Å². The number of carbonyl (C=O) groups excluding carboxylic acids is 1. The van der Waals surface area contributed by atoms with Crippen molar-refractivity contribution in [2.45, 2.75) is 30.4 Å². The first kappa shape index (κ1) is 12.8. The molecule has 1 atom stereocenters. The van der Waals surface area contributed by atoms with Crippen LogP contribution in [-0.4, -0.2) is 18.9 Å². The SMILES string of the molecule is Cc1nn(C(=O)[C@@]2(C)CC2(Br)Br)c(C)c1Br. The molecular formula is C10H11Br3N2O. The molecule has 1 aromatic rings. The van der Waals surface area contributed by atoms with Crippen molar-refractivity contribution in [3.8, 4) is 0 Å². The summed E-state index contributed by atoms with van der Waals surface area (Å²) in [4.78, 5) is 12.4. The van der Waals surface area contributed by atoms with Crippen LogP contribution in [-0.2, 0) is 0 Å². The highest BCUT2D eigenvalue weighted by Crippen LogP contribution is 2.66. The molecular weight excluding hydrogens is 404 g/mol. The van der Waals surface area contributed by atoms with Crippen molar-refractivity contribution < 1.29 is 4.79 Å². The maximum Gasteiger partial charge on any atom is 0.255 e. The van der Waals surface area contributed by atoms with Crippen molar-refractivity contribution in [2.24, 2.45) is 5.41 Å². The highest BCUT2D eigenvalue weighted by atomic mass is 79.9. The predicted molar refractivity (Wildman–Crippen MR) is 73.3 cm³/mol. The van der Waals surface area contributed by atoms with E-state index in [2.05, 4.69) is 52.9 Å². The smallest absolute Gasteiger partial charge is 0.255 e. The third kappa shape index (κ3) is 1.64. The highest BCUT2D eigenvalue weighted by molar-refractivity contribution is 9.25. The van der Waals surface area contributed by atoms with Crippen LogP contribution in [0.1, 0.15) is 29.5 Å². The molecule has 1 saturated carbocycles. The summed E-state index contributed by atoms with van der Waals surface area (Å²) in [5.74, 6) is 0.0209. The Labute approximate surface area is 119 Å². The number of nitrogens with zero attached hydrogens (tertiary/aromatic N) is 2. The molecule has 0 radical (unpaired) electrons. The second-order valence-electron chi connectivity index (χ2n) is 4.42. The molecule has 16 heavy (non-hydrogen) atoms. The van der Waals surface area contributed by atoms with E-state index in [4.69, 9.17) is 0 Å². The van der Waals surface area contributed by atoms with Crippen molar-refractivity contribution in [2.75, 3.05) is 0 Å². The van der Waals surface area contributed by atoms with Crippen LogP contribution in [0.5, 0.6) is 0 Å². The second kappa shape index (κ2) is 3.65. The van der Waals surface area contributed by atoms with E-state index in [-0.39, 0.29) is 9.14 Å². The van der Waals surface area contributed by atoms with Gasteiger partial charge >= 0.3 is 0 Å². The summed E-state index contributed by atoms with van der Waals surface area (Å²) in [5, 5.41) is 4.26. The largest absolute Gasteiger partial charge is 0.272 e. The molecule has 1 aliphatic rings. The van der Waals surface area contributed by atoms with Crippen molar-refractivity contribution in [3.05, 3.63) is 15.9 Å². The fraction of sp³-hybridized carbons (Fsp3) is 0.600. The standard InChI is InChI=1S/C10H11Br3N2O/c1-5-7(11)6(2)15(14-5)8(16)9(3)4-10(9,12)13/h4H2,1-3H3/t9-/m1/s1. The van der Waals surface area contributed by atoms with Gasteiger partial charge in [-0.05, 0) is 43.1 Å². The van der Waals surface area contributed by atoms with Crippen LogP contribution in [0.2, 0.25) is 0 Å². The van der Waals surface area contributed by atoms with Crippen LogP contribution in [0.25, 0.3) is 0 Å². The van der Waals surface area contributed by atoms with Crippen molar-refractivity contribution >= 4 is 53.7 Å². The molecule has 88 valence electrons. The maximum absolute atomic E-state index is 12.4. The number of halogens is 3. The molecule has 0 bridgehead atoms. The predicted octanol–water partition coefficient (Wildman–Crippen LogP) is 3.80. The molecule has 2 rings (SSSR count). The minimum absolute atomic E-state index is 0.0209. The lowest BCUT2D eigenvalue weighted by Gasteiger charge is -2.12. The minimum Gasteiger partial charge on any atom is -0.272 e. The van der Waals surface area contributed by atoms with Gasteiger partial charge < -0.3 is 0 Å². The molecule has 0 spiro atoms. The molecule has 1 fully saturated rings. The van der Waals surface area contributed by atoms with Crippen molar-refractivity contribution in [1.29, 1.82) is 0 Å². The lowest BCUT2D eigenvalue weighted by Crippen LogP contribution is -2.26. The first-order valence-electron chi connectivity index (χ1n) is 4.85. The summed E-state index contributed by atoms with van der Waals surface area (Å²) < 4.78 is 2.12. The van der Waals surface area contributed by atoms with Gasteiger partial charge in [0, 0.05) is 0 Å². The minimum atomic E-state index is -0.421. The lowest BCUT2D eigenvalue weighted by atomic mass is 10.1. The van der Waals surface area contributed by atoms with E-state index in [1.54, 1.807) is 0 Å².